The van der Waals surface area contributed by atoms with Crippen molar-refractivity contribution in [1.82, 2.24) is 0 Å². The first-order valence-electron chi connectivity index (χ1n) is 5.28. The third-order valence-electron chi connectivity index (χ3n) is 2.58. The summed E-state index contributed by atoms with van der Waals surface area (Å²) in [5, 5.41) is 9.14. The Hall–Kier alpha value is -1.73. The van der Waals surface area contributed by atoms with Crippen molar-refractivity contribution < 1.29 is 9.53 Å². The van der Waals surface area contributed by atoms with Crippen LogP contribution < -0.4 is 9.64 Å². The number of halogens is 1. The molecule has 0 saturated carbocycles. The fourth-order valence-corrected chi connectivity index (χ4v) is 1.94. The second-order valence-corrected chi connectivity index (χ2v) is 4.21. The molecule has 0 unspecified atom stereocenters. The van der Waals surface area contributed by atoms with Crippen LogP contribution in [0.2, 0.25) is 5.02 Å². The Kier molecular flexibility index (Phi) is 3.21. The van der Waals surface area contributed by atoms with Gasteiger partial charge in [0, 0.05) is 11.6 Å². The molecule has 0 radical (unpaired) electrons. The maximum absolute atomic E-state index is 12.0. The molecule has 0 N–H and O–H groups in total. The zero-order valence-corrected chi connectivity index (χ0v) is 10.1. The number of amides is 1. The number of carbonyl (C=O) groups excluding carboxylic acids is 1. The number of hydrogen-bond donors (Lipinski definition) is 0. The molecule has 88 valence electrons. The van der Waals surface area contributed by atoms with E-state index >= 15 is 0 Å². The fraction of sp³-hybridized carbons (Fsp3) is 0.333. The summed E-state index contributed by atoms with van der Waals surface area (Å²) in [7, 11) is 0. The lowest BCUT2D eigenvalue weighted by molar-refractivity contribution is -0.125. The van der Waals surface area contributed by atoms with Crippen LogP contribution in [-0.2, 0) is 4.79 Å². The van der Waals surface area contributed by atoms with Gasteiger partial charge in [-0.1, -0.05) is 11.6 Å². The minimum atomic E-state index is -0.526. The van der Waals surface area contributed by atoms with Crippen molar-refractivity contribution >= 4 is 23.2 Å². The summed E-state index contributed by atoms with van der Waals surface area (Å²) in [4.78, 5) is 13.5. The molecule has 1 aromatic rings. The molecule has 1 amide bonds. The van der Waals surface area contributed by atoms with E-state index in [2.05, 4.69) is 0 Å². The molecule has 1 aliphatic rings. The predicted molar refractivity (Wildman–Crippen MR) is 64.1 cm³/mol. The number of rotatable bonds is 2. The summed E-state index contributed by atoms with van der Waals surface area (Å²) >= 11 is 5.90. The molecular weight excluding hydrogens is 240 g/mol. The van der Waals surface area contributed by atoms with Crippen LogP contribution in [0, 0.1) is 11.3 Å². The van der Waals surface area contributed by atoms with Crippen LogP contribution in [0.1, 0.15) is 13.3 Å². The first kappa shape index (κ1) is 11.7. The molecule has 1 aliphatic heterocycles. The van der Waals surface area contributed by atoms with E-state index in [0.717, 1.165) is 0 Å². The smallest absolute Gasteiger partial charge is 0.267 e. The Labute approximate surface area is 104 Å². The molecule has 5 heteroatoms. The minimum Gasteiger partial charge on any atom is -0.479 e. The topological polar surface area (TPSA) is 53.3 Å². The second-order valence-electron chi connectivity index (χ2n) is 3.77. The molecule has 0 bridgehead atoms. The average molecular weight is 251 g/mol. The molecule has 0 saturated heterocycles. The zero-order valence-electron chi connectivity index (χ0n) is 9.31. The molecule has 1 aromatic carbocycles. The van der Waals surface area contributed by atoms with E-state index in [-0.39, 0.29) is 12.3 Å². The lowest BCUT2D eigenvalue weighted by Gasteiger charge is -2.32. The standard InChI is InChI=1S/C12H11ClN2O2/c1-8-12(16)15(6-2-5-14)10-7-9(13)3-4-11(10)17-8/h3-4,7-8H,2,6H2,1H3/t8-/m1/s1. The van der Waals surface area contributed by atoms with Gasteiger partial charge in [0.05, 0.1) is 18.2 Å². The van der Waals surface area contributed by atoms with Gasteiger partial charge >= 0.3 is 0 Å². The Balaban J connectivity index is 2.40. The molecule has 17 heavy (non-hydrogen) atoms. The summed E-state index contributed by atoms with van der Waals surface area (Å²) in [6.07, 6.45) is -0.243. The van der Waals surface area contributed by atoms with Gasteiger partial charge in [-0.05, 0) is 25.1 Å². The Bertz CT molecular complexity index is 496. The zero-order chi connectivity index (χ0) is 12.4. The van der Waals surface area contributed by atoms with Crippen molar-refractivity contribution in [2.75, 3.05) is 11.4 Å². The van der Waals surface area contributed by atoms with Crippen molar-refractivity contribution in [3.05, 3.63) is 23.2 Å². The number of anilines is 1. The van der Waals surface area contributed by atoms with E-state index in [9.17, 15) is 4.79 Å². The summed E-state index contributed by atoms with van der Waals surface area (Å²) < 4.78 is 5.48. The quantitative estimate of drug-likeness (QED) is 0.810. The predicted octanol–water partition coefficient (Wildman–Crippen LogP) is 2.37. The lowest BCUT2D eigenvalue weighted by atomic mass is 10.2. The Morgan fingerprint density at radius 1 is 1.59 bits per heavy atom. The number of benzene rings is 1. The van der Waals surface area contributed by atoms with E-state index < -0.39 is 6.10 Å². The van der Waals surface area contributed by atoms with Crippen molar-refractivity contribution in [3.63, 3.8) is 0 Å². The number of carbonyl (C=O) groups is 1. The number of hydrogen-bond acceptors (Lipinski definition) is 3. The van der Waals surface area contributed by atoms with Gasteiger partial charge < -0.3 is 9.64 Å². The summed E-state index contributed by atoms with van der Waals surface area (Å²) in [6, 6.07) is 7.16. The first-order valence-corrected chi connectivity index (χ1v) is 5.66. The Morgan fingerprint density at radius 3 is 3.06 bits per heavy atom. The highest BCUT2D eigenvalue weighted by Gasteiger charge is 2.31. The molecule has 1 heterocycles. The normalized spacial score (nSPS) is 18.3. The highest BCUT2D eigenvalue weighted by atomic mass is 35.5. The summed E-state index contributed by atoms with van der Waals surface area (Å²) in [5.41, 5.74) is 0.635. The van der Waals surface area contributed by atoms with E-state index in [1.165, 1.54) is 0 Å². The van der Waals surface area contributed by atoms with Gasteiger partial charge in [0.2, 0.25) is 0 Å². The van der Waals surface area contributed by atoms with Crippen LogP contribution in [0.3, 0.4) is 0 Å². The van der Waals surface area contributed by atoms with E-state index in [1.807, 2.05) is 6.07 Å². The van der Waals surface area contributed by atoms with Gasteiger partial charge in [-0.3, -0.25) is 4.79 Å². The maximum atomic E-state index is 12.0. The second kappa shape index (κ2) is 4.64. The largest absolute Gasteiger partial charge is 0.479 e. The fourth-order valence-electron chi connectivity index (χ4n) is 1.77. The van der Waals surface area contributed by atoms with Gasteiger partial charge in [-0.25, -0.2) is 0 Å². The monoisotopic (exact) mass is 250 g/mol. The van der Waals surface area contributed by atoms with Crippen molar-refractivity contribution in [2.24, 2.45) is 0 Å². The maximum Gasteiger partial charge on any atom is 0.267 e. The third kappa shape index (κ3) is 2.20. The number of nitriles is 1. The Morgan fingerprint density at radius 2 is 2.35 bits per heavy atom. The number of ether oxygens (including phenoxy) is 1. The first-order chi connectivity index (χ1) is 8.13. The lowest BCUT2D eigenvalue weighted by Crippen LogP contribution is -2.44. The molecule has 0 aliphatic carbocycles. The third-order valence-corrected chi connectivity index (χ3v) is 2.81. The molecule has 1 atom stereocenters. The van der Waals surface area contributed by atoms with Crippen LogP contribution in [0.5, 0.6) is 5.75 Å². The van der Waals surface area contributed by atoms with Crippen molar-refractivity contribution in [1.29, 1.82) is 5.26 Å². The molecule has 2 rings (SSSR count). The van der Waals surface area contributed by atoms with Gasteiger partial charge in [-0.2, -0.15) is 5.26 Å². The molecule has 0 aromatic heterocycles. The highest BCUT2D eigenvalue weighted by molar-refractivity contribution is 6.31. The number of nitrogens with zero attached hydrogens (tertiary/aromatic N) is 2. The van der Waals surface area contributed by atoms with Gasteiger partial charge in [0.15, 0.2) is 6.10 Å². The van der Waals surface area contributed by atoms with Crippen molar-refractivity contribution in [3.8, 4) is 11.8 Å². The van der Waals surface area contributed by atoms with E-state index in [0.29, 0.717) is 23.0 Å². The minimum absolute atomic E-state index is 0.144. The highest BCUT2D eigenvalue weighted by Crippen LogP contribution is 2.36. The van der Waals surface area contributed by atoms with Crippen LogP contribution in [0.4, 0.5) is 5.69 Å². The van der Waals surface area contributed by atoms with Crippen LogP contribution >= 0.6 is 11.6 Å². The number of fused-ring (bicyclic) bond motifs is 1. The van der Waals surface area contributed by atoms with Gasteiger partial charge in [-0.15, -0.1) is 0 Å². The molecule has 4 nitrogen and oxygen atoms in total. The summed E-state index contributed by atoms with van der Waals surface area (Å²) in [6.45, 7) is 2.05. The molecule has 0 fully saturated rings. The van der Waals surface area contributed by atoms with Crippen LogP contribution in [-0.4, -0.2) is 18.6 Å². The van der Waals surface area contributed by atoms with E-state index in [4.69, 9.17) is 21.6 Å². The summed E-state index contributed by atoms with van der Waals surface area (Å²) in [5.74, 6) is 0.481. The van der Waals surface area contributed by atoms with Gasteiger partial charge in [0.1, 0.15) is 5.75 Å². The van der Waals surface area contributed by atoms with Crippen LogP contribution in [0.15, 0.2) is 18.2 Å². The van der Waals surface area contributed by atoms with Crippen molar-refractivity contribution in [2.45, 2.75) is 19.4 Å². The SMILES string of the molecule is C[C@H]1Oc2ccc(Cl)cc2N(CCC#N)C1=O. The van der Waals surface area contributed by atoms with Gasteiger partial charge in [0.25, 0.3) is 5.91 Å². The molecule has 0 spiro atoms. The van der Waals surface area contributed by atoms with Crippen LogP contribution in [0.25, 0.3) is 0 Å². The average Bonchev–Trinajstić information content (AvgIpc) is 2.31. The van der Waals surface area contributed by atoms with E-state index in [1.54, 1.807) is 30.0 Å². The molecular formula is C12H11ClN2O2.